The Balaban J connectivity index is 1.31. The van der Waals surface area contributed by atoms with Gasteiger partial charge in [-0.05, 0) is 37.8 Å². The van der Waals surface area contributed by atoms with Crippen LogP contribution in [-0.2, 0) is 12.8 Å². The molecule has 1 aliphatic carbocycles. The van der Waals surface area contributed by atoms with E-state index in [2.05, 4.69) is 36.4 Å². The standard InChI is InChI=1S/C16H20N6/c1-11-5-15(19-10-18-11)17-7-12-8-22(9-12)16-6-13-3-2-4-14(13)20-21-16/h5-6,10,12H,2-4,7-9H2,1H3,(H,17,18,19). The number of nitrogens with one attached hydrogen (secondary N) is 1. The molecule has 0 spiro atoms. The molecule has 2 aromatic heterocycles. The molecular formula is C16H20N6. The van der Waals surface area contributed by atoms with Crippen molar-refractivity contribution in [1.82, 2.24) is 20.2 Å². The van der Waals surface area contributed by atoms with Crippen LogP contribution in [0.15, 0.2) is 18.5 Å². The SMILES string of the molecule is Cc1cc(NCC2CN(c3cc4c(nn3)CCC4)C2)ncn1. The first-order valence-corrected chi connectivity index (χ1v) is 7.91. The topological polar surface area (TPSA) is 66.8 Å². The second-order valence-corrected chi connectivity index (χ2v) is 6.22. The molecule has 1 fully saturated rings. The van der Waals surface area contributed by atoms with Crippen LogP contribution >= 0.6 is 0 Å². The summed E-state index contributed by atoms with van der Waals surface area (Å²) in [5.41, 5.74) is 3.57. The Morgan fingerprint density at radius 2 is 2.09 bits per heavy atom. The molecule has 0 unspecified atom stereocenters. The van der Waals surface area contributed by atoms with E-state index in [0.717, 1.165) is 49.8 Å². The van der Waals surface area contributed by atoms with Crippen LogP contribution in [0.1, 0.15) is 23.4 Å². The Kier molecular flexibility index (Phi) is 3.36. The molecule has 22 heavy (non-hydrogen) atoms. The fourth-order valence-corrected chi connectivity index (χ4v) is 3.16. The Bertz CT molecular complexity index is 680. The highest BCUT2D eigenvalue weighted by atomic mass is 15.3. The third-order valence-corrected chi connectivity index (χ3v) is 4.46. The van der Waals surface area contributed by atoms with Crippen molar-refractivity contribution in [2.75, 3.05) is 29.9 Å². The van der Waals surface area contributed by atoms with Crippen molar-refractivity contribution < 1.29 is 0 Å². The van der Waals surface area contributed by atoms with E-state index in [9.17, 15) is 0 Å². The predicted molar refractivity (Wildman–Crippen MR) is 85.0 cm³/mol. The zero-order chi connectivity index (χ0) is 14.9. The van der Waals surface area contributed by atoms with Gasteiger partial charge in [-0.2, -0.15) is 5.10 Å². The normalized spacial score (nSPS) is 17.2. The van der Waals surface area contributed by atoms with Crippen LogP contribution in [0, 0.1) is 12.8 Å². The number of hydrogen-bond acceptors (Lipinski definition) is 6. The molecule has 0 bridgehead atoms. The van der Waals surface area contributed by atoms with Crippen LogP contribution in [0.4, 0.5) is 11.6 Å². The van der Waals surface area contributed by atoms with Crippen molar-refractivity contribution in [3.05, 3.63) is 35.4 Å². The van der Waals surface area contributed by atoms with Crippen LogP contribution in [0.3, 0.4) is 0 Å². The highest BCUT2D eigenvalue weighted by Gasteiger charge is 2.28. The highest BCUT2D eigenvalue weighted by molar-refractivity contribution is 5.45. The number of hydrogen-bond donors (Lipinski definition) is 1. The summed E-state index contributed by atoms with van der Waals surface area (Å²) >= 11 is 0. The first kappa shape index (κ1) is 13.4. The summed E-state index contributed by atoms with van der Waals surface area (Å²) in [6.45, 7) is 4.98. The number of fused-ring (bicyclic) bond motifs is 1. The summed E-state index contributed by atoms with van der Waals surface area (Å²) in [7, 11) is 0. The maximum absolute atomic E-state index is 4.37. The molecule has 6 nitrogen and oxygen atoms in total. The zero-order valence-corrected chi connectivity index (χ0v) is 12.8. The van der Waals surface area contributed by atoms with E-state index < -0.39 is 0 Å². The van der Waals surface area contributed by atoms with E-state index in [-0.39, 0.29) is 0 Å². The zero-order valence-electron chi connectivity index (χ0n) is 12.8. The number of nitrogens with zero attached hydrogens (tertiary/aromatic N) is 5. The average molecular weight is 296 g/mol. The van der Waals surface area contributed by atoms with Crippen molar-refractivity contribution in [3.63, 3.8) is 0 Å². The molecule has 0 atom stereocenters. The van der Waals surface area contributed by atoms with Crippen molar-refractivity contribution >= 4 is 11.6 Å². The Morgan fingerprint density at radius 1 is 1.18 bits per heavy atom. The van der Waals surface area contributed by atoms with E-state index in [4.69, 9.17) is 0 Å². The highest BCUT2D eigenvalue weighted by Crippen LogP contribution is 2.27. The van der Waals surface area contributed by atoms with Gasteiger partial charge in [0.1, 0.15) is 12.1 Å². The molecule has 0 aromatic carbocycles. The fraction of sp³-hybridized carbons (Fsp3) is 0.500. The minimum absolute atomic E-state index is 0.630. The van der Waals surface area contributed by atoms with Gasteiger partial charge in [0.25, 0.3) is 0 Å². The van der Waals surface area contributed by atoms with E-state index in [1.165, 1.54) is 17.7 Å². The molecule has 3 heterocycles. The van der Waals surface area contributed by atoms with E-state index >= 15 is 0 Å². The molecular weight excluding hydrogens is 276 g/mol. The minimum Gasteiger partial charge on any atom is -0.370 e. The van der Waals surface area contributed by atoms with Crippen LogP contribution in [0.25, 0.3) is 0 Å². The summed E-state index contributed by atoms with van der Waals surface area (Å²) in [5.74, 6) is 2.57. The third-order valence-electron chi connectivity index (χ3n) is 4.46. The maximum atomic E-state index is 4.37. The minimum atomic E-state index is 0.630. The molecule has 114 valence electrons. The molecule has 1 aliphatic heterocycles. The van der Waals surface area contributed by atoms with Crippen LogP contribution in [0.5, 0.6) is 0 Å². The van der Waals surface area contributed by atoms with E-state index in [0.29, 0.717) is 5.92 Å². The van der Waals surface area contributed by atoms with Crippen LogP contribution in [-0.4, -0.2) is 39.8 Å². The van der Waals surface area contributed by atoms with Crippen molar-refractivity contribution in [2.24, 2.45) is 5.92 Å². The van der Waals surface area contributed by atoms with Crippen LogP contribution in [0.2, 0.25) is 0 Å². The second-order valence-electron chi connectivity index (χ2n) is 6.22. The van der Waals surface area contributed by atoms with Crippen molar-refractivity contribution in [2.45, 2.75) is 26.2 Å². The molecule has 0 amide bonds. The summed E-state index contributed by atoms with van der Waals surface area (Å²) in [6.07, 6.45) is 5.07. The smallest absolute Gasteiger partial charge is 0.151 e. The first-order chi connectivity index (χ1) is 10.8. The second kappa shape index (κ2) is 5.51. The molecule has 0 saturated carbocycles. The molecule has 0 radical (unpaired) electrons. The molecule has 1 saturated heterocycles. The molecule has 1 N–H and O–H groups in total. The number of aromatic nitrogens is 4. The summed E-state index contributed by atoms with van der Waals surface area (Å²) in [5, 5.41) is 12.1. The monoisotopic (exact) mass is 296 g/mol. The number of anilines is 2. The van der Waals surface area contributed by atoms with Crippen LogP contribution < -0.4 is 10.2 Å². The average Bonchev–Trinajstić information content (AvgIpc) is 2.93. The van der Waals surface area contributed by atoms with Gasteiger partial charge in [-0.1, -0.05) is 0 Å². The molecule has 4 rings (SSSR count). The largest absolute Gasteiger partial charge is 0.370 e. The summed E-state index contributed by atoms with van der Waals surface area (Å²) in [4.78, 5) is 10.6. The van der Waals surface area contributed by atoms with Gasteiger partial charge >= 0.3 is 0 Å². The lowest BCUT2D eigenvalue weighted by Crippen LogP contribution is -2.50. The van der Waals surface area contributed by atoms with Gasteiger partial charge in [0.15, 0.2) is 5.82 Å². The van der Waals surface area contributed by atoms with E-state index in [1.807, 2.05) is 13.0 Å². The Hall–Kier alpha value is -2.24. The van der Waals surface area contributed by atoms with Gasteiger partial charge < -0.3 is 10.2 Å². The summed E-state index contributed by atoms with van der Waals surface area (Å²) in [6, 6.07) is 4.20. The third kappa shape index (κ3) is 2.61. The van der Waals surface area contributed by atoms with Crippen molar-refractivity contribution in [3.8, 4) is 0 Å². The van der Waals surface area contributed by atoms with Gasteiger partial charge in [0.05, 0.1) is 5.69 Å². The Morgan fingerprint density at radius 3 is 2.95 bits per heavy atom. The summed E-state index contributed by atoms with van der Waals surface area (Å²) < 4.78 is 0. The first-order valence-electron chi connectivity index (χ1n) is 7.91. The lowest BCUT2D eigenvalue weighted by molar-refractivity contribution is 0.425. The van der Waals surface area contributed by atoms with Gasteiger partial charge in [0.2, 0.25) is 0 Å². The van der Waals surface area contributed by atoms with Crippen molar-refractivity contribution in [1.29, 1.82) is 0 Å². The quantitative estimate of drug-likeness (QED) is 0.924. The number of aryl methyl sites for hydroxylation is 3. The molecule has 2 aromatic rings. The lowest BCUT2D eigenvalue weighted by Gasteiger charge is -2.40. The lowest BCUT2D eigenvalue weighted by atomic mass is 10.00. The van der Waals surface area contributed by atoms with Gasteiger partial charge in [0, 0.05) is 37.3 Å². The fourth-order valence-electron chi connectivity index (χ4n) is 3.16. The van der Waals surface area contributed by atoms with Gasteiger partial charge in [-0.25, -0.2) is 9.97 Å². The van der Waals surface area contributed by atoms with Gasteiger partial charge in [-0.15, -0.1) is 5.10 Å². The molecule has 6 heteroatoms. The maximum Gasteiger partial charge on any atom is 0.151 e. The number of rotatable bonds is 4. The Labute approximate surface area is 130 Å². The molecule has 2 aliphatic rings. The predicted octanol–water partition coefficient (Wildman–Crippen LogP) is 1.61. The van der Waals surface area contributed by atoms with Gasteiger partial charge in [-0.3, -0.25) is 0 Å². The van der Waals surface area contributed by atoms with E-state index in [1.54, 1.807) is 6.33 Å².